The first-order chi connectivity index (χ1) is 11.3. The summed E-state index contributed by atoms with van der Waals surface area (Å²) in [6.07, 6.45) is 7.36. The number of nitrogens with zero attached hydrogens (tertiary/aromatic N) is 2. The Morgan fingerprint density at radius 1 is 1.39 bits per heavy atom. The van der Waals surface area contributed by atoms with E-state index in [2.05, 4.69) is 11.1 Å². The average Bonchev–Trinajstić information content (AvgIpc) is 2.99. The van der Waals surface area contributed by atoms with Crippen LogP contribution in [0.15, 0.2) is 28.8 Å². The second-order valence-electron chi connectivity index (χ2n) is 5.85. The molecule has 5 heteroatoms. The monoisotopic (exact) mass is 312 g/mol. The summed E-state index contributed by atoms with van der Waals surface area (Å²) in [6.45, 7) is 2.57. The van der Waals surface area contributed by atoms with E-state index in [4.69, 9.17) is 15.7 Å². The number of benzene rings is 1. The highest BCUT2D eigenvalue weighted by Crippen LogP contribution is 2.21. The molecule has 0 unspecified atom stereocenters. The quantitative estimate of drug-likeness (QED) is 0.628. The number of ether oxygens (including phenoxy) is 1. The third-order valence-electron chi connectivity index (χ3n) is 4.28. The van der Waals surface area contributed by atoms with Crippen molar-refractivity contribution in [1.82, 2.24) is 10.1 Å². The summed E-state index contributed by atoms with van der Waals surface area (Å²) in [7, 11) is 0. The van der Waals surface area contributed by atoms with Gasteiger partial charge in [0.05, 0.1) is 13.0 Å². The van der Waals surface area contributed by atoms with Crippen molar-refractivity contribution in [2.45, 2.75) is 19.3 Å². The minimum atomic E-state index is 0.104. The minimum Gasteiger partial charge on any atom is -0.369 e. The average molecular weight is 312 g/mol. The zero-order chi connectivity index (χ0) is 16.1. The van der Waals surface area contributed by atoms with Gasteiger partial charge in [0.15, 0.2) is 5.58 Å². The summed E-state index contributed by atoms with van der Waals surface area (Å²) < 4.78 is 10.6. The second-order valence-corrected chi connectivity index (χ2v) is 5.85. The van der Waals surface area contributed by atoms with Crippen LogP contribution in [0, 0.1) is 18.3 Å². The first-order valence-electron chi connectivity index (χ1n) is 7.90. The molecule has 0 atom stereocenters. The Morgan fingerprint density at radius 2 is 2.17 bits per heavy atom. The second kappa shape index (κ2) is 7.30. The summed E-state index contributed by atoms with van der Waals surface area (Å²) >= 11 is 0. The Hall–Kier alpha value is -2.32. The largest absolute Gasteiger partial charge is 0.369 e. The molecule has 0 bridgehead atoms. The fourth-order valence-electron chi connectivity index (χ4n) is 2.95. The first kappa shape index (κ1) is 15.6. The van der Waals surface area contributed by atoms with Crippen molar-refractivity contribution >= 4 is 16.9 Å². The molecular weight excluding hydrogens is 292 g/mol. The standard InChI is InChI=1S/C18H20N2O3/c1-2-11-22-13-14-7-9-20(10-8-14)18(21)12-16-15-5-3-4-6-17(15)23-19-16/h1,3-6,14H,7-13H2. The molecular formula is C18H20N2O3. The van der Waals surface area contributed by atoms with Gasteiger partial charge in [0.25, 0.3) is 0 Å². The van der Waals surface area contributed by atoms with Crippen LogP contribution in [0.4, 0.5) is 0 Å². The van der Waals surface area contributed by atoms with Crippen molar-refractivity contribution in [3.05, 3.63) is 30.0 Å². The Kier molecular flexibility index (Phi) is 4.94. The Morgan fingerprint density at radius 3 is 2.96 bits per heavy atom. The number of rotatable bonds is 5. The van der Waals surface area contributed by atoms with E-state index < -0.39 is 0 Å². The molecule has 0 N–H and O–H groups in total. The van der Waals surface area contributed by atoms with Crippen molar-refractivity contribution in [3.8, 4) is 12.3 Å². The number of piperidine rings is 1. The molecule has 2 aromatic rings. The molecule has 1 aliphatic heterocycles. The molecule has 0 saturated carbocycles. The highest BCUT2D eigenvalue weighted by atomic mass is 16.5. The molecule has 2 heterocycles. The molecule has 1 aliphatic rings. The van der Waals surface area contributed by atoms with E-state index in [1.54, 1.807) is 0 Å². The van der Waals surface area contributed by atoms with Crippen molar-refractivity contribution in [3.63, 3.8) is 0 Å². The number of carbonyl (C=O) groups is 1. The lowest BCUT2D eigenvalue weighted by molar-refractivity contribution is -0.132. The van der Waals surface area contributed by atoms with Gasteiger partial charge in [-0.15, -0.1) is 6.42 Å². The Bertz CT molecular complexity index is 708. The van der Waals surface area contributed by atoms with Gasteiger partial charge in [0.1, 0.15) is 12.3 Å². The van der Waals surface area contributed by atoms with E-state index in [0.29, 0.717) is 24.8 Å². The number of terminal acetylenes is 1. The molecule has 0 spiro atoms. The number of para-hydroxylation sites is 1. The van der Waals surface area contributed by atoms with Crippen molar-refractivity contribution in [1.29, 1.82) is 0 Å². The van der Waals surface area contributed by atoms with Crippen LogP contribution in [0.1, 0.15) is 18.5 Å². The predicted molar refractivity (Wildman–Crippen MR) is 86.7 cm³/mol. The molecule has 1 saturated heterocycles. The fraction of sp³-hybridized carbons (Fsp3) is 0.444. The smallest absolute Gasteiger partial charge is 0.228 e. The van der Waals surface area contributed by atoms with Crippen LogP contribution < -0.4 is 0 Å². The number of hydrogen-bond donors (Lipinski definition) is 0. The predicted octanol–water partition coefficient (Wildman–Crippen LogP) is 2.26. The molecule has 0 radical (unpaired) electrons. The maximum Gasteiger partial charge on any atom is 0.228 e. The molecule has 1 fully saturated rings. The fourth-order valence-corrected chi connectivity index (χ4v) is 2.95. The Balaban J connectivity index is 1.53. The molecule has 23 heavy (non-hydrogen) atoms. The van der Waals surface area contributed by atoms with E-state index >= 15 is 0 Å². The molecule has 5 nitrogen and oxygen atoms in total. The number of likely N-dealkylation sites (tertiary alicyclic amines) is 1. The highest BCUT2D eigenvalue weighted by Gasteiger charge is 2.24. The maximum atomic E-state index is 12.5. The van der Waals surface area contributed by atoms with E-state index in [9.17, 15) is 4.79 Å². The SMILES string of the molecule is C#CCOCC1CCN(C(=O)Cc2noc3ccccc23)CC1. The van der Waals surface area contributed by atoms with Gasteiger partial charge >= 0.3 is 0 Å². The van der Waals surface area contributed by atoms with Crippen LogP contribution in [0.5, 0.6) is 0 Å². The molecule has 1 aromatic heterocycles. The zero-order valence-electron chi connectivity index (χ0n) is 13.0. The number of carbonyl (C=O) groups excluding carboxylic acids is 1. The normalized spacial score (nSPS) is 15.7. The maximum absolute atomic E-state index is 12.5. The molecule has 0 aliphatic carbocycles. The van der Waals surface area contributed by atoms with Gasteiger partial charge in [-0.1, -0.05) is 23.2 Å². The minimum absolute atomic E-state index is 0.104. The van der Waals surface area contributed by atoms with Crippen molar-refractivity contribution < 1.29 is 14.1 Å². The number of hydrogen-bond acceptors (Lipinski definition) is 4. The van der Waals surface area contributed by atoms with E-state index in [1.807, 2.05) is 29.2 Å². The van der Waals surface area contributed by atoms with Crippen LogP contribution >= 0.6 is 0 Å². The third-order valence-corrected chi connectivity index (χ3v) is 4.28. The number of aromatic nitrogens is 1. The van der Waals surface area contributed by atoms with Gasteiger partial charge in [-0.25, -0.2) is 0 Å². The summed E-state index contributed by atoms with van der Waals surface area (Å²) in [5.41, 5.74) is 1.43. The van der Waals surface area contributed by atoms with Crippen molar-refractivity contribution in [2.75, 3.05) is 26.3 Å². The molecule has 3 rings (SSSR count). The van der Waals surface area contributed by atoms with Crippen LogP contribution in [0.2, 0.25) is 0 Å². The number of fused-ring (bicyclic) bond motifs is 1. The van der Waals surface area contributed by atoms with Crippen LogP contribution in [0.25, 0.3) is 11.0 Å². The summed E-state index contributed by atoms with van der Waals surface area (Å²) in [5, 5.41) is 4.95. The molecule has 120 valence electrons. The van der Waals surface area contributed by atoms with E-state index in [1.165, 1.54) is 0 Å². The van der Waals surface area contributed by atoms with Gasteiger partial charge in [-0.05, 0) is 30.9 Å². The summed E-state index contributed by atoms with van der Waals surface area (Å²) in [6, 6.07) is 7.61. The van der Waals surface area contributed by atoms with Crippen LogP contribution in [-0.4, -0.2) is 42.3 Å². The summed E-state index contributed by atoms with van der Waals surface area (Å²) in [4.78, 5) is 14.4. The van der Waals surface area contributed by atoms with E-state index in [-0.39, 0.29) is 12.3 Å². The topological polar surface area (TPSA) is 55.6 Å². The van der Waals surface area contributed by atoms with Crippen LogP contribution in [0.3, 0.4) is 0 Å². The van der Waals surface area contributed by atoms with Gasteiger partial charge < -0.3 is 14.2 Å². The lowest BCUT2D eigenvalue weighted by atomic mass is 9.97. The number of amides is 1. The lowest BCUT2D eigenvalue weighted by Crippen LogP contribution is -2.40. The van der Waals surface area contributed by atoms with Gasteiger partial charge in [-0.3, -0.25) is 4.79 Å². The van der Waals surface area contributed by atoms with Gasteiger partial charge in [0.2, 0.25) is 5.91 Å². The Labute approximate surface area is 135 Å². The lowest BCUT2D eigenvalue weighted by Gasteiger charge is -2.31. The highest BCUT2D eigenvalue weighted by molar-refractivity contribution is 5.86. The first-order valence-corrected chi connectivity index (χ1v) is 7.90. The summed E-state index contributed by atoms with van der Waals surface area (Å²) in [5.74, 6) is 3.06. The molecule has 1 aromatic carbocycles. The molecule has 1 amide bonds. The van der Waals surface area contributed by atoms with Gasteiger partial charge in [-0.2, -0.15) is 0 Å². The third kappa shape index (κ3) is 3.72. The van der Waals surface area contributed by atoms with Crippen molar-refractivity contribution in [2.24, 2.45) is 5.92 Å². The van der Waals surface area contributed by atoms with Crippen LogP contribution in [-0.2, 0) is 16.0 Å². The van der Waals surface area contributed by atoms with Gasteiger partial charge in [0, 0.05) is 18.5 Å². The zero-order valence-corrected chi connectivity index (χ0v) is 13.0. The van der Waals surface area contributed by atoms with E-state index in [0.717, 1.165) is 36.9 Å².